The van der Waals surface area contributed by atoms with Crippen LogP contribution in [0.4, 0.5) is 5.69 Å². The number of benzene rings is 1. The maximum atomic E-state index is 13.1. The minimum atomic E-state index is -0.424. The Labute approximate surface area is 147 Å². The average molecular weight is 355 g/mol. The number of fused-ring (bicyclic) bond motifs is 3. The lowest BCUT2D eigenvalue weighted by Gasteiger charge is -2.12. The molecule has 128 valence electrons. The van der Waals surface area contributed by atoms with E-state index in [4.69, 9.17) is 0 Å². The molecule has 0 amide bonds. The van der Waals surface area contributed by atoms with Gasteiger partial charge in [0, 0.05) is 17.0 Å². The molecule has 0 spiro atoms. The number of nitro benzene ring substituents is 1. The van der Waals surface area contributed by atoms with Crippen LogP contribution in [0.25, 0.3) is 10.2 Å². The highest BCUT2D eigenvalue weighted by Gasteiger charge is 2.21. The molecule has 0 fully saturated rings. The molecule has 25 heavy (non-hydrogen) atoms. The molecule has 2 heterocycles. The third-order valence-corrected chi connectivity index (χ3v) is 5.94. The number of aromatic nitrogens is 2. The number of nitro groups is 1. The van der Waals surface area contributed by atoms with E-state index in [0.717, 1.165) is 35.0 Å². The van der Waals surface area contributed by atoms with Crippen LogP contribution in [0.15, 0.2) is 29.1 Å². The Morgan fingerprint density at radius 2 is 1.96 bits per heavy atom. The van der Waals surface area contributed by atoms with E-state index in [9.17, 15) is 14.9 Å². The van der Waals surface area contributed by atoms with Crippen molar-refractivity contribution in [2.45, 2.75) is 39.2 Å². The SMILES string of the molecule is Cc1nc2sc3c(c2c(=O)n1Cc1ccc([N+](=O)[O-])cc1)CCCC3. The van der Waals surface area contributed by atoms with Gasteiger partial charge in [-0.15, -0.1) is 11.3 Å². The van der Waals surface area contributed by atoms with Crippen LogP contribution in [0.1, 0.15) is 34.7 Å². The Balaban J connectivity index is 1.79. The molecular formula is C18H17N3O3S. The van der Waals surface area contributed by atoms with Crippen molar-refractivity contribution < 1.29 is 4.92 Å². The second-order valence-electron chi connectivity index (χ2n) is 6.36. The van der Waals surface area contributed by atoms with E-state index in [1.165, 1.54) is 29.0 Å². The summed E-state index contributed by atoms with van der Waals surface area (Å²) in [7, 11) is 0. The van der Waals surface area contributed by atoms with E-state index in [1.54, 1.807) is 28.0 Å². The second-order valence-corrected chi connectivity index (χ2v) is 7.45. The number of aryl methyl sites for hydroxylation is 3. The lowest BCUT2D eigenvalue weighted by molar-refractivity contribution is -0.384. The van der Waals surface area contributed by atoms with E-state index in [2.05, 4.69) is 4.98 Å². The van der Waals surface area contributed by atoms with Gasteiger partial charge in [0.05, 0.1) is 16.9 Å². The summed E-state index contributed by atoms with van der Waals surface area (Å²) in [5.41, 5.74) is 2.08. The van der Waals surface area contributed by atoms with Crippen LogP contribution in [-0.2, 0) is 19.4 Å². The summed E-state index contributed by atoms with van der Waals surface area (Å²) in [5, 5.41) is 11.5. The standard InChI is InChI=1S/C18H17N3O3S/c1-11-19-17-16(14-4-2-3-5-15(14)25-17)18(22)20(11)10-12-6-8-13(9-7-12)21(23)24/h6-9H,2-5,10H2,1H3. The predicted molar refractivity (Wildman–Crippen MR) is 97.5 cm³/mol. The molecule has 2 aromatic heterocycles. The lowest BCUT2D eigenvalue weighted by Crippen LogP contribution is -2.24. The number of hydrogen-bond acceptors (Lipinski definition) is 5. The van der Waals surface area contributed by atoms with Crippen LogP contribution < -0.4 is 5.56 Å². The molecule has 0 radical (unpaired) electrons. The minimum absolute atomic E-state index is 0.000234. The van der Waals surface area contributed by atoms with Gasteiger partial charge in [-0.05, 0) is 43.7 Å². The average Bonchev–Trinajstić information content (AvgIpc) is 2.97. The number of hydrogen-bond donors (Lipinski definition) is 0. The van der Waals surface area contributed by atoms with Crippen molar-refractivity contribution in [3.63, 3.8) is 0 Å². The Hall–Kier alpha value is -2.54. The summed E-state index contributed by atoms with van der Waals surface area (Å²) >= 11 is 1.65. The quantitative estimate of drug-likeness (QED) is 0.531. The maximum Gasteiger partial charge on any atom is 0.269 e. The summed E-state index contributed by atoms with van der Waals surface area (Å²) in [6, 6.07) is 6.32. The van der Waals surface area contributed by atoms with Gasteiger partial charge in [0.25, 0.3) is 11.2 Å². The molecule has 0 aliphatic heterocycles. The minimum Gasteiger partial charge on any atom is -0.292 e. The van der Waals surface area contributed by atoms with Gasteiger partial charge in [-0.1, -0.05) is 12.1 Å². The molecule has 0 atom stereocenters. The van der Waals surface area contributed by atoms with Crippen LogP contribution in [0, 0.1) is 17.0 Å². The first-order valence-corrected chi connectivity index (χ1v) is 9.11. The molecule has 0 saturated heterocycles. The fourth-order valence-electron chi connectivity index (χ4n) is 3.43. The molecule has 0 saturated carbocycles. The van der Waals surface area contributed by atoms with Gasteiger partial charge in [0.15, 0.2) is 0 Å². The number of rotatable bonds is 3. The normalized spacial score (nSPS) is 13.8. The van der Waals surface area contributed by atoms with Crippen molar-refractivity contribution >= 4 is 27.2 Å². The van der Waals surface area contributed by atoms with Gasteiger partial charge in [-0.3, -0.25) is 19.5 Å². The van der Waals surface area contributed by atoms with Gasteiger partial charge in [0.1, 0.15) is 10.7 Å². The number of non-ortho nitro benzene ring substituents is 1. The maximum absolute atomic E-state index is 13.1. The molecule has 3 aromatic rings. The zero-order chi connectivity index (χ0) is 17.6. The fraction of sp³-hybridized carbons (Fsp3) is 0.333. The highest BCUT2D eigenvalue weighted by Crippen LogP contribution is 2.33. The van der Waals surface area contributed by atoms with Gasteiger partial charge in [0.2, 0.25) is 0 Å². The molecule has 0 unspecified atom stereocenters. The highest BCUT2D eigenvalue weighted by atomic mass is 32.1. The first-order chi connectivity index (χ1) is 12.0. The van der Waals surface area contributed by atoms with E-state index in [0.29, 0.717) is 12.4 Å². The molecule has 0 bridgehead atoms. The second kappa shape index (κ2) is 6.07. The van der Waals surface area contributed by atoms with Crippen molar-refractivity contribution in [1.29, 1.82) is 0 Å². The van der Waals surface area contributed by atoms with Crippen molar-refractivity contribution in [3.05, 3.63) is 66.6 Å². The molecular weight excluding hydrogens is 338 g/mol. The molecule has 1 aliphatic rings. The van der Waals surface area contributed by atoms with Gasteiger partial charge in [-0.2, -0.15) is 0 Å². The molecule has 7 heteroatoms. The lowest BCUT2D eigenvalue weighted by atomic mass is 9.97. The van der Waals surface area contributed by atoms with Crippen molar-refractivity contribution in [2.24, 2.45) is 0 Å². The van der Waals surface area contributed by atoms with E-state index in [-0.39, 0.29) is 11.2 Å². The highest BCUT2D eigenvalue weighted by molar-refractivity contribution is 7.18. The van der Waals surface area contributed by atoms with Crippen LogP contribution >= 0.6 is 11.3 Å². The molecule has 1 aromatic carbocycles. The third kappa shape index (κ3) is 2.74. The monoisotopic (exact) mass is 355 g/mol. The first-order valence-electron chi connectivity index (χ1n) is 8.29. The Morgan fingerprint density at radius 1 is 1.24 bits per heavy atom. The Bertz CT molecular complexity index is 1030. The zero-order valence-corrected chi connectivity index (χ0v) is 14.6. The number of thiophene rings is 1. The zero-order valence-electron chi connectivity index (χ0n) is 13.8. The molecule has 1 aliphatic carbocycles. The van der Waals surface area contributed by atoms with Crippen molar-refractivity contribution in [2.75, 3.05) is 0 Å². The van der Waals surface area contributed by atoms with Crippen molar-refractivity contribution in [3.8, 4) is 0 Å². The van der Waals surface area contributed by atoms with Crippen LogP contribution in [-0.4, -0.2) is 14.5 Å². The smallest absolute Gasteiger partial charge is 0.269 e. The predicted octanol–water partition coefficient (Wildman–Crippen LogP) is 3.60. The van der Waals surface area contributed by atoms with E-state index >= 15 is 0 Å². The third-order valence-electron chi connectivity index (χ3n) is 4.75. The van der Waals surface area contributed by atoms with E-state index < -0.39 is 4.92 Å². The fourth-order valence-corrected chi connectivity index (χ4v) is 4.73. The largest absolute Gasteiger partial charge is 0.292 e. The van der Waals surface area contributed by atoms with Gasteiger partial charge < -0.3 is 0 Å². The summed E-state index contributed by atoms with van der Waals surface area (Å²) in [6.07, 6.45) is 4.29. The first kappa shape index (κ1) is 16.0. The molecule has 0 N–H and O–H groups in total. The topological polar surface area (TPSA) is 78.0 Å². The van der Waals surface area contributed by atoms with Crippen LogP contribution in [0.2, 0.25) is 0 Å². The molecule has 4 rings (SSSR count). The summed E-state index contributed by atoms with van der Waals surface area (Å²) in [6.45, 7) is 2.21. The van der Waals surface area contributed by atoms with Crippen molar-refractivity contribution in [1.82, 2.24) is 9.55 Å². The van der Waals surface area contributed by atoms with Gasteiger partial charge in [-0.25, -0.2) is 4.98 Å². The van der Waals surface area contributed by atoms with Crippen LogP contribution in [0.5, 0.6) is 0 Å². The Kier molecular flexibility index (Phi) is 3.88. The van der Waals surface area contributed by atoms with Gasteiger partial charge >= 0.3 is 0 Å². The Morgan fingerprint density at radius 3 is 2.68 bits per heavy atom. The van der Waals surface area contributed by atoms with Crippen LogP contribution in [0.3, 0.4) is 0 Å². The summed E-state index contributed by atoms with van der Waals surface area (Å²) < 4.78 is 1.67. The van der Waals surface area contributed by atoms with E-state index in [1.807, 2.05) is 6.92 Å². The number of nitrogens with zero attached hydrogens (tertiary/aromatic N) is 3. The molecule has 6 nitrogen and oxygen atoms in total. The summed E-state index contributed by atoms with van der Waals surface area (Å²) in [4.78, 5) is 30.2. The summed E-state index contributed by atoms with van der Waals surface area (Å²) in [5.74, 6) is 0.675.